The van der Waals surface area contributed by atoms with Crippen LogP contribution in [0.2, 0.25) is 0 Å². The van der Waals surface area contributed by atoms with Gasteiger partial charge in [0.05, 0.1) is 34.4 Å². The van der Waals surface area contributed by atoms with Crippen LogP contribution in [0.1, 0.15) is 27.2 Å². The van der Waals surface area contributed by atoms with Crippen LogP contribution in [-0.4, -0.2) is 25.8 Å². The highest BCUT2D eigenvalue weighted by Gasteiger charge is 2.18. The predicted octanol–water partition coefficient (Wildman–Crippen LogP) is 6.38. The number of hydrogen-bond donors (Lipinski definition) is 1. The van der Waals surface area contributed by atoms with E-state index < -0.39 is 5.97 Å². The van der Waals surface area contributed by atoms with Crippen LogP contribution in [0.15, 0.2) is 79.0 Å². The van der Waals surface area contributed by atoms with Crippen LogP contribution in [-0.2, 0) is 0 Å². The molecule has 0 unspecified atom stereocenters. The summed E-state index contributed by atoms with van der Waals surface area (Å²) in [6.45, 7) is 6.09. The quantitative estimate of drug-likeness (QED) is 0.357. The SMILES string of the molecule is Cc1ccc(C)c(-n2ncc(-c3cc(C(=O)O)c4cc(-c5ccccc5)ccc4n3)c2C)c1. The number of rotatable bonds is 4. The van der Waals surface area contributed by atoms with Gasteiger partial charge in [0.2, 0.25) is 0 Å². The Morgan fingerprint density at radius 2 is 1.67 bits per heavy atom. The van der Waals surface area contributed by atoms with E-state index in [1.807, 2.05) is 60.1 Å². The van der Waals surface area contributed by atoms with Crippen molar-refractivity contribution in [3.8, 4) is 28.1 Å². The second kappa shape index (κ2) is 8.02. The molecule has 5 aromatic rings. The van der Waals surface area contributed by atoms with Gasteiger partial charge < -0.3 is 5.11 Å². The first kappa shape index (κ1) is 20.6. The zero-order valence-electron chi connectivity index (χ0n) is 18.7. The molecule has 0 aliphatic rings. The van der Waals surface area contributed by atoms with E-state index in [2.05, 4.69) is 37.1 Å². The predicted molar refractivity (Wildman–Crippen MR) is 131 cm³/mol. The number of carboxylic acid groups (broad SMARTS) is 1. The van der Waals surface area contributed by atoms with Crippen LogP contribution < -0.4 is 0 Å². The summed E-state index contributed by atoms with van der Waals surface area (Å²) >= 11 is 0. The third kappa shape index (κ3) is 3.68. The Hall–Kier alpha value is -4.25. The number of hydrogen-bond acceptors (Lipinski definition) is 3. The second-order valence-corrected chi connectivity index (χ2v) is 8.30. The van der Waals surface area contributed by atoms with E-state index in [1.54, 1.807) is 12.3 Å². The maximum atomic E-state index is 12.2. The fourth-order valence-electron chi connectivity index (χ4n) is 4.20. The average Bonchev–Trinajstić information content (AvgIpc) is 3.21. The van der Waals surface area contributed by atoms with Gasteiger partial charge in [-0.1, -0.05) is 48.5 Å². The number of aromatic carboxylic acids is 1. The van der Waals surface area contributed by atoms with Crippen molar-refractivity contribution in [2.24, 2.45) is 0 Å². The zero-order chi connectivity index (χ0) is 23.1. The maximum absolute atomic E-state index is 12.2. The molecule has 5 heteroatoms. The molecule has 0 aliphatic heterocycles. The first-order chi connectivity index (χ1) is 15.9. The Labute approximate surface area is 192 Å². The van der Waals surface area contributed by atoms with Crippen molar-refractivity contribution in [3.63, 3.8) is 0 Å². The van der Waals surface area contributed by atoms with Gasteiger partial charge in [-0.2, -0.15) is 5.10 Å². The summed E-state index contributed by atoms with van der Waals surface area (Å²) in [5.41, 5.74) is 8.45. The van der Waals surface area contributed by atoms with Gasteiger partial charge in [0.15, 0.2) is 0 Å². The molecule has 1 N–H and O–H groups in total. The highest BCUT2D eigenvalue weighted by Crippen LogP contribution is 2.31. The number of aromatic nitrogens is 3. The van der Waals surface area contributed by atoms with Crippen molar-refractivity contribution in [2.75, 3.05) is 0 Å². The molecule has 0 saturated carbocycles. The molecule has 2 aromatic heterocycles. The fourth-order valence-corrected chi connectivity index (χ4v) is 4.20. The summed E-state index contributed by atoms with van der Waals surface area (Å²) < 4.78 is 1.89. The lowest BCUT2D eigenvalue weighted by Gasteiger charge is -2.11. The number of nitrogens with zero attached hydrogens (tertiary/aromatic N) is 3. The summed E-state index contributed by atoms with van der Waals surface area (Å²) in [7, 11) is 0. The average molecular weight is 434 g/mol. The van der Waals surface area contributed by atoms with Crippen LogP contribution in [0, 0.1) is 20.8 Å². The van der Waals surface area contributed by atoms with Gasteiger partial charge in [-0.3, -0.25) is 0 Å². The third-order valence-electron chi connectivity index (χ3n) is 6.02. The minimum Gasteiger partial charge on any atom is -0.478 e. The number of carbonyl (C=O) groups is 1. The van der Waals surface area contributed by atoms with E-state index in [0.717, 1.165) is 39.2 Å². The van der Waals surface area contributed by atoms with Crippen LogP contribution in [0.4, 0.5) is 0 Å². The van der Waals surface area contributed by atoms with Crippen molar-refractivity contribution >= 4 is 16.9 Å². The lowest BCUT2D eigenvalue weighted by Crippen LogP contribution is -2.03. The van der Waals surface area contributed by atoms with Gasteiger partial charge in [-0.25, -0.2) is 14.5 Å². The van der Waals surface area contributed by atoms with Gasteiger partial charge in [0.25, 0.3) is 0 Å². The van der Waals surface area contributed by atoms with E-state index in [0.29, 0.717) is 16.6 Å². The van der Waals surface area contributed by atoms with Crippen LogP contribution in [0.25, 0.3) is 39.0 Å². The van der Waals surface area contributed by atoms with E-state index in [1.165, 1.54) is 0 Å². The van der Waals surface area contributed by atoms with E-state index >= 15 is 0 Å². The van der Waals surface area contributed by atoms with E-state index in [-0.39, 0.29) is 5.56 Å². The minimum atomic E-state index is -0.978. The summed E-state index contributed by atoms with van der Waals surface area (Å²) in [5, 5.41) is 15.2. The standard InChI is InChI=1S/C28H23N3O2/c1-17-9-10-18(2)27(13-17)31-19(3)24(16-29-31)26-15-23(28(32)33)22-14-21(11-12-25(22)30-26)20-7-5-4-6-8-20/h4-16H,1-3H3,(H,32,33). The smallest absolute Gasteiger partial charge is 0.336 e. The van der Waals surface area contributed by atoms with Gasteiger partial charge >= 0.3 is 5.97 Å². The van der Waals surface area contributed by atoms with Gasteiger partial charge in [-0.05, 0) is 67.3 Å². The molecular weight excluding hydrogens is 410 g/mol. The Kier molecular flexibility index (Phi) is 5.02. The molecule has 0 amide bonds. The largest absolute Gasteiger partial charge is 0.478 e. The molecule has 0 bridgehead atoms. The summed E-state index contributed by atoms with van der Waals surface area (Å²) in [5.74, 6) is -0.978. The van der Waals surface area contributed by atoms with Crippen molar-refractivity contribution in [1.82, 2.24) is 14.8 Å². The van der Waals surface area contributed by atoms with Crippen LogP contribution in [0.3, 0.4) is 0 Å². The van der Waals surface area contributed by atoms with Gasteiger partial charge in [0, 0.05) is 10.9 Å². The molecule has 0 fully saturated rings. The number of fused-ring (bicyclic) bond motifs is 1. The Morgan fingerprint density at radius 3 is 2.42 bits per heavy atom. The molecule has 0 radical (unpaired) electrons. The molecule has 0 aliphatic carbocycles. The normalized spacial score (nSPS) is 11.1. The molecule has 2 heterocycles. The van der Waals surface area contributed by atoms with Crippen molar-refractivity contribution in [3.05, 3.63) is 101 Å². The van der Waals surface area contributed by atoms with Crippen LogP contribution in [0.5, 0.6) is 0 Å². The van der Waals surface area contributed by atoms with E-state index in [4.69, 9.17) is 4.98 Å². The molecule has 162 valence electrons. The summed E-state index contributed by atoms with van der Waals surface area (Å²) in [4.78, 5) is 17.0. The molecule has 0 spiro atoms. The van der Waals surface area contributed by atoms with Crippen molar-refractivity contribution in [1.29, 1.82) is 0 Å². The molecule has 3 aromatic carbocycles. The Bertz CT molecular complexity index is 1520. The number of carboxylic acids is 1. The first-order valence-corrected chi connectivity index (χ1v) is 10.8. The van der Waals surface area contributed by atoms with Gasteiger partial charge in [0.1, 0.15) is 0 Å². The first-order valence-electron chi connectivity index (χ1n) is 10.8. The molecule has 5 nitrogen and oxygen atoms in total. The number of pyridine rings is 1. The topological polar surface area (TPSA) is 68.0 Å². The third-order valence-corrected chi connectivity index (χ3v) is 6.02. The molecule has 33 heavy (non-hydrogen) atoms. The minimum absolute atomic E-state index is 0.228. The highest BCUT2D eigenvalue weighted by molar-refractivity contribution is 6.05. The maximum Gasteiger partial charge on any atom is 0.336 e. The Balaban J connectivity index is 1.66. The number of aryl methyl sites for hydroxylation is 2. The second-order valence-electron chi connectivity index (χ2n) is 8.30. The van der Waals surface area contributed by atoms with Crippen molar-refractivity contribution in [2.45, 2.75) is 20.8 Å². The highest BCUT2D eigenvalue weighted by atomic mass is 16.4. The Morgan fingerprint density at radius 1 is 0.879 bits per heavy atom. The fraction of sp³-hybridized carbons (Fsp3) is 0.107. The van der Waals surface area contributed by atoms with Gasteiger partial charge in [-0.15, -0.1) is 0 Å². The summed E-state index contributed by atoms with van der Waals surface area (Å²) in [6, 6.07) is 23.6. The molecule has 5 rings (SSSR count). The van der Waals surface area contributed by atoms with E-state index in [9.17, 15) is 9.90 Å². The summed E-state index contributed by atoms with van der Waals surface area (Å²) in [6.07, 6.45) is 1.76. The van der Waals surface area contributed by atoms with Crippen LogP contribution >= 0.6 is 0 Å². The number of benzene rings is 3. The lowest BCUT2D eigenvalue weighted by atomic mass is 9.99. The lowest BCUT2D eigenvalue weighted by molar-refractivity contribution is 0.0699. The van der Waals surface area contributed by atoms with Crippen molar-refractivity contribution < 1.29 is 9.90 Å². The molecular formula is C28H23N3O2. The molecule has 0 saturated heterocycles. The monoisotopic (exact) mass is 433 g/mol. The molecule has 0 atom stereocenters. The zero-order valence-corrected chi connectivity index (χ0v) is 18.7.